The first kappa shape index (κ1) is 10.1. The van der Waals surface area contributed by atoms with Crippen LogP contribution in [0.2, 0.25) is 0 Å². The SMILES string of the molecule is Nc1n[nH]nc1-c1cccc(OC2CCC2)c1. The van der Waals surface area contributed by atoms with E-state index in [1.165, 1.54) is 6.42 Å². The lowest BCUT2D eigenvalue weighted by molar-refractivity contribution is 0.120. The Kier molecular flexibility index (Phi) is 2.44. The number of nitrogen functional groups attached to an aromatic ring is 1. The molecule has 88 valence electrons. The van der Waals surface area contributed by atoms with E-state index in [-0.39, 0.29) is 0 Å². The summed E-state index contributed by atoms with van der Waals surface area (Å²) in [5.74, 6) is 1.28. The molecule has 1 aliphatic carbocycles. The second kappa shape index (κ2) is 4.08. The number of rotatable bonds is 3. The summed E-state index contributed by atoms with van der Waals surface area (Å²) in [6.45, 7) is 0. The Balaban J connectivity index is 1.85. The molecule has 1 heterocycles. The molecule has 5 heteroatoms. The number of anilines is 1. The van der Waals surface area contributed by atoms with E-state index in [1.54, 1.807) is 0 Å². The van der Waals surface area contributed by atoms with E-state index in [9.17, 15) is 0 Å². The average molecular weight is 230 g/mol. The smallest absolute Gasteiger partial charge is 0.173 e. The van der Waals surface area contributed by atoms with Crippen LogP contribution in [0, 0.1) is 0 Å². The van der Waals surface area contributed by atoms with Gasteiger partial charge in [0, 0.05) is 5.56 Å². The largest absolute Gasteiger partial charge is 0.490 e. The zero-order chi connectivity index (χ0) is 11.7. The maximum atomic E-state index is 5.83. The summed E-state index contributed by atoms with van der Waals surface area (Å²) < 4.78 is 5.83. The summed E-state index contributed by atoms with van der Waals surface area (Å²) in [7, 11) is 0. The van der Waals surface area contributed by atoms with Crippen LogP contribution in [-0.4, -0.2) is 21.5 Å². The molecule has 1 aliphatic rings. The predicted octanol–water partition coefficient (Wildman–Crippen LogP) is 1.99. The minimum absolute atomic E-state index is 0.375. The molecule has 0 unspecified atom stereocenters. The molecule has 0 bridgehead atoms. The summed E-state index contributed by atoms with van der Waals surface area (Å²) in [4.78, 5) is 0. The van der Waals surface area contributed by atoms with Crippen LogP contribution in [0.3, 0.4) is 0 Å². The van der Waals surface area contributed by atoms with Crippen molar-refractivity contribution in [2.24, 2.45) is 0 Å². The summed E-state index contributed by atoms with van der Waals surface area (Å²) in [6.07, 6.45) is 3.94. The van der Waals surface area contributed by atoms with Gasteiger partial charge in [-0.1, -0.05) is 12.1 Å². The van der Waals surface area contributed by atoms with E-state index in [1.807, 2.05) is 24.3 Å². The van der Waals surface area contributed by atoms with Crippen LogP contribution in [0.4, 0.5) is 5.82 Å². The van der Waals surface area contributed by atoms with Gasteiger partial charge < -0.3 is 10.5 Å². The molecule has 1 saturated carbocycles. The molecular formula is C12H14N4O. The van der Waals surface area contributed by atoms with Crippen molar-refractivity contribution in [2.75, 3.05) is 5.73 Å². The normalized spacial score (nSPS) is 15.5. The molecule has 1 aromatic heterocycles. The number of hydrogen-bond donors (Lipinski definition) is 2. The number of hydrogen-bond acceptors (Lipinski definition) is 4. The van der Waals surface area contributed by atoms with Crippen LogP contribution >= 0.6 is 0 Å². The van der Waals surface area contributed by atoms with Crippen LogP contribution in [0.1, 0.15) is 19.3 Å². The molecule has 0 amide bonds. The van der Waals surface area contributed by atoms with Gasteiger partial charge in [0.1, 0.15) is 11.4 Å². The van der Waals surface area contributed by atoms with Gasteiger partial charge in [0.25, 0.3) is 0 Å². The topological polar surface area (TPSA) is 76.8 Å². The number of benzene rings is 1. The molecule has 3 N–H and O–H groups in total. The van der Waals surface area contributed by atoms with Crippen LogP contribution < -0.4 is 10.5 Å². The third-order valence-electron chi connectivity index (χ3n) is 3.04. The van der Waals surface area contributed by atoms with Gasteiger partial charge in [-0.2, -0.15) is 10.3 Å². The van der Waals surface area contributed by atoms with Gasteiger partial charge in [-0.3, -0.25) is 0 Å². The Labute approximate surface area is 99.0 Å². The van der Waals surface area contributed by atoms with Crippen molar-refractivity contribution in [3.8, 4) is 17.0 Å². The lowest BCUT2D eigenvalue weighted by atomic mass is 9.96. The van der Waals surface area contributed by atoms with Gasteiger partial charge >= 0.3 is 0 Å². The third kappa shape index (κ3) is 1.95. The number of H-pyrrole nitrogens is 1. The Morgan fingerprint density at radius 2 is 2.18 bits per heavy atom. The molecule has 0 aliphatic heterocycles. The highest BCUT2D eigenvalue weighted by atomic mass is 16.5. The van der Waals surface area contributed by atoms with Crippen LogP contribution in [-0.2, 0) is 0 Å². The van der Waals surface area contributed by atoms with Crippen molar-refractivity contribution in [1.29, 1.82) is 0 Å². The molecule has 0 spiro atoms. The van der Waals surface area contributed by atoms with Gasteiger partial charge in [0.05, 0.1) is 6.10 Å². The number of aromatic nitrogens is 3. The zero-order valence-corrected chi connectivity index (χ0v) is 9.39. The lowest BCUT2D eigenvalue weighted by Crippen LogP contribution is -2.24. The summed E-state index contributed by atoms with van der Waals surface area (Å²) in [5.41, 5.74) is 7.31. The molecule has 1 fully saturated rings. The Hall–Kier alpha value is -2.04. The number of nitrogens with zero attached hydrogens (tertiary/aromatic N) is 2. The summed E-state index contributed by atoms with van der Waals surface area (Å²) >= 11 is 0. The fraction of sp³-hybridized carbons (Fsp3) is 0.333. The molecule has 5 nitrogen and oxygen atoms in total. The number of nitrogens with one attached hydrogen (secondary N) is 1. The quantitative estimate of drug-likeness (QED) is 0.845. The van der Waals surface area contributed by atoms with E-state index < -0.39 is 0 Å². The van der Waals surface area contributed by atoms with Gasteiger partial charge in [0.15, 0.2) is 5.82 Å². The molecule has 0 saturated heterocycles. The van der Waals surface area contributed by atoms with Crippen LogP contribution in [0.5, 0.6) is 5.75 Å². The number of aromatic amines is 1. The number of ether oxygens (including phenoxy) is 1. The first-order valence-electron chi connectivity index (χ1n) is 5.76. The number of nitrogens with two attached hydrogens (primary N) is 1. The van der Waals surface area contributed by atoms with E-state index in [0.29, 0.717) is 17.6 Å². The zero-order valence-electron chi connectivity index (χ0n) is 9.39. The first-order valence-corrected chi connectivity index (χ1v) is 5.76. The molecule has 17 heavy (non-hydrogen) atoms. The van der Waals surface area contributed by atoms with Crippen molar-refractivity contribution < 1.29 is 4.74 Å². The average Bonchev–Trinajstić information content (AvgIpc) is 2.71. The minimum Gasteiger partial charge on any atom is -0.490 e. The van der Waals surface area contributed by atoms with E-state index in [4.69, 9.17) is 10.5 Å². The fourth-order valence-electron chi connectivity index (χ4n) is 1.85. The molecule has 1 aromatic carbocycles. The standard InChI is InChI=1S/C12H14N4O/c13-12-11(14-16-15-12)8-3-1-6-10(7-8)17-9-4-2-5-9/h1,3,6-7,9H,2,4-5H2,(H3,13,14,15,16). The molecule has 0 radical (unpaired) electrons. The van der Waals surface area contributed by atoms with E-state index in [0.717, 1.165) is 24.2 Å². The second-order valence-electron chi connectivity index (χ2n) is 4.26. The Morgan fingerprint density at radius 3 is 2.82 bits per heavy atom. The highest BCUT2D eigenvalue weighted by Gasteiger charge is 2.19. The Morgan fingerprint density at radius 1 is 1.29 bits per heavy atom. The van der Waals surface area contributed by atoms with Crippen molar-refractivity contribution in [1.82, 2.24) is 15.4 Å². The van der Waals surface area contributed by atoms with E-state index >= 15 is 0 Å². The van der Waals surface area contributed by atoms with Gasteiger partial charge in [0.2, 0.25) is 0 Å². The van der Waals surface area contributed by atoms with Crippen LogP contribution in [0.15, 0.2) is 24.3 Å². The third-order valence-corrected chi connectivity index (χ3v) is 3.04. The highest BCUT2D eigenvalue weighted by Crippen LogP contribution is 2.29. The van der Waals surface area contributed by atoms with Crippen molar-refractivity contribution in [3.05, 3.63) is 24.3 Å². The van der Waals surface area contributed by atoms with Crippen molar-refractivity contribution in [2.45, 2.75) is 25.4 Å². The monoisotopic (exact) mass is 230 g/mol. The highest BCUT2D eigenvalue weighted by molar-refractivity contribution is 5.70. The minimum atomic E-state index is 0.375. The van der Waals surface area contributed by atoms with Crippen LogP contribution in [0.25, 0.3) is 11.3 Å². The van der Waals surface area contributed by atoms with Crippen molar-refractivity contribution in [3.63, 3.8) is 0 Å². The Bertz CT molecular complexity index is 519. The maximum Gasteiger partial charge on any atom is 0.173 e. The maximum absolute atomic E-state index is 5.83. The predicted molar refractivity (Wildman–Crippen MR) is 64.5 cm³/mol. The van der Waals surface area contributed by atoms with Crippen molar-refractivity contribution >= 4 is 5.82 Å². The molecular weight excluding hydrogens is 216 g/mol. The van der Waals surface area contributed by atoms with Gasteiger partial charge in [-0.15, -0.1) is 5.10 Å². The van der Waals surface area contributed by atoms with E-state index in [2.05, 4.69) is 15.4 Å². The second-order valence-corrected chi connectivity index (χ2v) is 4.26. The lowest BCUT2D eigenvalue weighted by Gasteiger charge is -2.26. The first-order chi connectivity index (χ1) is 8.33. The summed E-state index contributed by atoms with van der Waals surface area (Å²) in [5, 5.41) is 10.3. The van der Waals surface area contributed by atoms with Gasteiger partial charge in [-0.05, 0) is 31.4 Å². The molecule has 2 aromatic rings. The fourth-order valence-corrected chi connectivity index (χ4v) is 1.85. The molecule has 3 rings (SSSR count). The molecule has 0 atom stereocenters. The summed E-state index contributed by atoms with van der Waals surface area (Å²) in [6, 6.07) is 7.80. The van der Waals surface area contributed by atoms with Gasteiger partial charge in [-0.25, -0.2) is 0 Å².